The van der Waals surface area contributed by atoms with Gasteiger partial charge in [0.1, 0.15) is 6.54 Å². The number of para-hydroxylation sites is 1. The Morgan fingerprint density at radius 1 is 0.929 bits per heavy atom. The Bertz CT molecular complexity index is 820. The van der Waals surface area contributed by atoms with Crippen LogP contribution in [0.3, 0.4) is 0 Å². The first-order chi connectivity index (χ1) is 13.5. The minimum Gasteiger partial charge on any atom is -0.462 e. The highest BCUT2D eigenvalue weighted by molar-refractivity contribution is 6.04. The van der Waals surface area contributed by atoms with Crippen LogP contribution in [-0.4, -0.2) is 42.4 Å². The smallest absolute Gasteiger partial charge is 0.340 e. The maximum absolute atomic E-state index is 12.9. The van der Waals surface area contributed by atoms with E-state index in [-0.39, 0.29) is 30.5 Å². The molecule has 0 saturated heterocycles. The Balaban J connectivity index is 2.24. The van der Waals surface area contributed by atoms with E-state index in [0.717, 1.165) is 5.56 Å². The summed E-state index contributed by atoms with van der Waals surface area (Å²) in [7, 11) is 0. The number of rotatable bonds is 8. The number of ether oxygens (including phenoxy) is 1. The van der Waals surface area contributed by atoms with Crippen molar-refractivity contribution in [3.8, 4) is 0 Å². The van der Waals surface area contributed by atoms with Crippen molar-refractivity contribution in [1.82, 2.24) is 4.90 Å². The summed E-state index contributed by atoms with van der Waals surface area (Å²) in [5.74, 6) is -1.03. The maximum atomic E-state index is 12.9. The second-order valence-electron chi connectivity index (χ2n) is 6.24. The van der Waals surface area contributed by atoms with E-state index in [1.54, 1.807) is 36.1 Å². The molecule has 0 aliphatic carbocycles. The Labute approximate surface area is 165 Å². The summed E-state index contributed by atoms with van der Waals surface area (Å²) in [6, 6.07) is 16.3. The molecule has 2 amide bonds. The lowest BCUT2D eigenvalue weighted by molar-refractivity contribution is -0.131. The molecule has 0 atom stereocenters. The van der Waals surface area contributed by atoms with Crippen LogP contribution in [0.1, 0.15) is 36.7 Å². The summed E-state index contributed by atoms with van der Waals surface area (Å²) in [4.78, 5) is 40.4. The number of benzene rings is 2. The second-order valence-corrected chi connectivity index (χ2v) is 6.24. The van der Waals surface area contributed by atoms with Gasteiger partial charge in [-0.3, -0.25) is 9.59 Å². The third-order valence-electron chi connectivity index (χ3n) is 4.31. The van der Waals surface area contributed by atoms with Crippen LogP contribution in [0.15, 0.2) is 54.6 Å². The zero-order valence-corrected chi connectivity index (χ0v) is 16.6. The normalized spacial score (nSPS) is 10.2. The molecule has 2 rings (SSSR count). The van der Waals surface area contributed by atoms with E-state index in [4.69, 9.17) is 4.74 Å². The van der Waals surface area contributed by atoms with Crippen molar-refractivity contribution in [3.63, 3.8) is 0 Å². The number of carbonyl (C=O) groups is 3. The van der Waals surface area contributed by atoms with Crippen molar-refractivity contribution in [2.24, 2.45) is 0 Å². The highest BCUT2D eigenvalue weighted by Gasteiger charge is 2.24. The molecule has 6 heteroatoms. The van der Waals surface area contributed by atoms with Gasteiger partial charge in [0.05, 0.1) is 17.9 Å². The van der Waals surface area contributed by atoms with Crippen molar-refractivity contribution in [3.05, 3.63) is 65.7 Å². The molecule has 0 bridgehead atoms. The summed E-state index contributed by atoms with van der Waals surface area (Å²) in [6.45, 7) is 6.05. The number of nitrogens with zero attached hydrogens (tertiary/aromatic N) is 2. The third kappa shape index (κ3) is 5.42. The molecule has 0 radical (unpaired) electrons. The van der Waals surface area contributed by atoms with Crippen LogP contribution < -0.4 is 4.90 Å². The number of anilines is 1. The lowest BCUT2D eigenvalue weighted by Gasteiger charge is -2.27. The zero-order chi connectivity index (χ0) is 20.5. The zero-order valence-electron chi connectivity index (χ0n) is 16.6. The Kier molecular flexibility index (Phi) is 7.75. The van der Waals surface area contributed by atoms with Crippen LogP contribution in [0.4, 0.5) is 5.69 Å². The van der Waals surface area contributed by atoms with Gasteiger partial charge in [-0.25, -0.2) is 4.79 Å². The largest absolute Gasteiger partial charge is 0.462 e. The molecule has 28 heavy (non-hydrogen) atoms. The molecule has 0 aromatic heterocycles. The van der Waals surface area contributed by atoms with Gasteiger partial charge in [0.25, 0.3) is 0 Å². The standard InChI is InChI=1S/C22H26N2O4/c1-4-23(15-18-11-7-6-8-12-18)21(26)16-24(17(3)25)20-14-10-9-13-19(20)22(27)28-5-2/h6-14H,4-5,15-16H2,1-3H3. The molecule has 0 aliphatic heterocycles. The molecule has 0 aliphatic rings. The fourth-order valence-electron chi connectivity index (χ4n) is 2.87. The second kappa shape index (κ2) is 10.3. The number of hydrogen-bond acceptors (Lipinski definition) is 4. The van der Waals surface area contributed by atoms with Crippen LogP contribution in [0.2, 0.25) is 0 Å². The minimum atomic E-state index is -0.520. The van der Waals surface area contributed by atoms with Crippen molar-refractivity contribution >= 4 is 23.5 Å². The SMILES string of the molecule is CCOC(=O)c1ccccc1N(CC(=O)N(CC)Cc1ccccc1)C(C)=O. The van der Waals surface area contributed by atoms with Gasteiger partial charge in [0.2, 0.25) is 11.8 Å². The first-order valence-corrected chi connectivity index (χ1v) is 9.33. The number of hydrogen-bond donors (Lipinski definition) is 0. The monoisotopic (exact) mass is 382 g/mol. The fourth-order valence-corrected chi connectivity index (χ4v) is 2.87. The lowest BCUT2D eigenvalue weighted by Crippen LogP contribution is -2.42. The molecule has 2 aromatic rings. The molecule has 2 aromatic carbocycles. The van der Waals surface area contributed by atoms with Crippen LogP contribution in [0.5, 0.6) is 0 Å². The lowest BCUT2D eigenvalue weighted by atomic mass is 10.1. The number of esters is 1. The van der Waals surface area contributed by atoms with Crippen LogP contribution in [0.25, 0.3) is 0 Å². The molecule has 0 unspecified atom stereocenters. The molecule has 0 fully saturated rings. The number of likely N-dealkylation sites (N-methyl/N-ethyl adjacent to an activating group) is 1. The summed E-state index contributed by atoms with van der Waals surface area (Å²) < 4.78 is 5.08. The van der Waals surface area contributed by atoms with E-state index < -0.39 is 5.97 Å². The molecule has 0 heterocycles. The molecule has 6 nitrogen and oxygen atoms in total. The summed E-state index contributed by atoms with van der Waals surface area (Å²) in [5.41, 5.74) is 1.65. The van der Waals surface area contributed by atoms with Crippen LogP contribution in [0, 0.1) is 0 Å². The molecular weight excluding hydrogens is 356 g/mol. The highest BCUT2D eigenvalue weighted by Crippen LogP contribution is 2.22. The first kappa shape index (κ1) is 21.2. The minimum absolute atomic E-state index is 0.146. The van der Waals surface area contributed by atoms with Gasteiger partial charge in [-0.15, -0.1) is 0 Å². The molecule has 0 spiro atoms. The molecule has 148 valence electrons. The number of carbonyl (C=O) groups excluding carboxylic acids is 3. The van der Waals surface area contributed by atoms with Gasteiger partial charge in [-0.05, 0) is 31.5 Å². The van der Waals surface area contributed by atoms with Crippen molar-refractivity contribution in [2.75, 3.05) is 24.6 Å². The third-order valence-corrected chi connectivity index (χ3v) is 4.31. The molecule has 0 N–H and O–H groups in total. The summed E-state index contributed by atoms with van der Waals surface area (Å²) in [6.07, 6.45) is 0. The Morgan fingerprint density at radius 2 is 1.57 bits per heavy atom. The Morgan fingerprint density at radius 3 is 2.18 bits per heavy atom. The first-order valence-electron chi connectivity index (χ1n) is 9.33. The van der Waals surface area contributed by atoms with Gasteiger partial charge >= 0.3 is 5.97 Å². The predicted molar refractivity (Wildman–Crippen MR) is 108 cm³/mol. The fraction of sp³-hybridized carbons (Fsp3) is 0.318. The van der Waals surface area contributed by atoms with E-state index in [0.29, 0.717) is 18.8 Å². The van der Waals surface area contributed by atoms with Crippen LogP contribution in [-0.2, 0) is 20.9 Å². The van der Waals surface area contributed by atoms with Gasteiger partial charge in [0.15, 0.2) is 0 Å². The molecule has 0 saturated carbocycles. The quantitative estimate of drug-likeness (QED) is 0.657. The average molecular weight is 382 g/mol. The Hall–Kier alpha value is -3.15. The van der Waals surface area contributed by atoms with Crippen molar-refractivity contribution in [1.29, 1.82) is 0 Å². The van der Waals surface area contributed by atoms with Crippen molar-refractivity contribution < 1.29 is 19.1 Å². The average Bonchev–Trinajstić information content (AvgIpc) is 2.70. The van der Waals surface area contributed by atoms with E-state index >= 15 is 0 Å². The van der Waals surface area contributed by atoms with E-state index in [2.05, 4.69) is 0 Å². The summed E-state index contributed by atoms with van der Waals surface area (Å²) in [5, 5.41) is 0. The van der Waals surface area contributed by atoms with E-state index in [9.17, 15) is 14.4 Å². The molecular formula is C22H26N2O4. The summed E-state index contributed by atoms with van der Waals surface area (Å²) >= 11 is 0. The van der Waals surface area contributed by atoms with Crippen LogP contribution >= 0.6 is 0 Å². The van der Waals surface area contributed by atoms with E-state index in [1.165, 1.54) is 11.8 Å². The van der Waals surface area contributed by atoms with Gasteiger partial charge in [-0.2, -0.15) is 0 Å². The highest BCUT2D eigenvalue weighted by atomic mass is 16.5. The predicted octanol–water partition coefficient (Wildman–Crippen LogP) is 3.26. The maximum Gasteiger partial charge on any atom is 0.340 e. The van der Waals surface area contributed by atoms with Gasteiger partial charge in [-0.1, -0.05) is 42.5 Å². The van der Waals surface area contributed by atoms with Crippen molar-refractivity contribution in [2.45, 2.75) is 27.3 Å². The van der Waals surface area contributed by atoms with Gasteiger partial charge in [0, 0.05) is 20.0 Å². The topological polar surface area (TPSA) is 66.9 Å². The number of amides is 2. The van der Waals surface area contributed by atoms with Gasteiger partial charge < -0.3 is 14.5 Å². The van der Waals surface area contributed by atoms with E-state index in [1.807, 2.05) is 37.3 Å².